The number of nitrogens with one attached hydrogen (secondary N) is 1. The summed E-state index contributed by atoms with van der Waals surface area (Å²) in [5, 5.41) is 5.01. The minimum Gasteiger partial charge on any atom is -0.493 e. The average molecular weight is 441 g/mol. The lowest BCUT2D eigenvalue weighted by atomic mass is 10.1. The number of ether oxygens (including phenoxy) is 2. The molecule has 3 aromatic rings. The molecule has 2 amide bonds. The molecular formula is C22H20FN3O4S. The molecule has 1 aliphatic rings. The highest BCUT2D eigenvalue weighted by atomic mass is 32.1. The molecule has 1 aliphatic heterocycles. The van der Waals surface area contributed by atoms with E-state index in [9.17, 15) is 14.0 Å². The molecule has 7 nitrogen and oxygen atoms in total. The first-order valence-corrected chi connectivity index (χ1v) is 10.4. The smallest absolute Gasteiger partial charge is 0.231 e. The Balaban J connectivity index is 1.44. The SMILES string of the molecule is COc1ccc(N2CC(C(=O)Nc3nc(-c4ccc(F)cc4)cs3)CC2=O)cc1OC. The number of nitrogens with zero attached hydrogens (tertiary/aromatic N) is 2. The first-order chi connectivity index (χ1) is 15.0. The summed E-state index contributed by atoms with van der Waals surface area (Å²) in [6.45, 7) is 0.260. The van der Waals surface area contributed by atoms with Gasteiger partial charge in [-0.15, -0.1) is 11.3 Å². The van der Waals surface area contributed by atoms with Crippen molar-refractivity contribution in [2.24, 2.45) is 5.92 Å². The van der Waals surface area contributed by atoms with Gasteiger partial charge in [0.05, 0.1) is 25.8 Å². The van der Waals surface area contributed by atoms with E-state index in [1.54, 1.807) is 47.7 Å². The first-order valence-electron chi connectivity index (χ1n) is 9.53. The van der Waals surface area contributed by atoms with Crippen molar-refractivity contribution in [3.8, 4) is 22.8 Å². The molecule has 160 valence electrons. The van der Waals surface area contributed by atoms with E-state index < -0.39 is 5.92 Å². The number of anilines is 2. The topological polar surface area (TPSA) is 80.8 Å². The average Bonchev–Trinajstić information content (AvgIpc) is 3.40. The number of carbonyl (C=O) groups excluding carboxylic acids is 2. The number of benzene rings is 2. The third-order valence-electron chi connectivity index (χ3n) is 5.05. The van der Waals surface area contributed by atoms with E-state index in [1.165, 1.54) is 30.6 Å². The molecule has 1 unspecified atom stereocenters. The number of hydrogen-bond acceptors (Lipinski definition) is 6. The Morgan fingerprint density at radius 2 is 1.90 bits per heavy atom. The van der Waals surface area contributed by atoms with Crippen molar-refractivity contribution in [3.63, 3.8) is 0 Å². The molecule has 0 aliphatic carbocycles. The number of amides is 2. The van der Waals surface area contributed by atoms with Crippen LogP contribution in [-0.4, -0.2) is 37.6 Å². The minimum atomic E-state index is -0.501. The molecule has 1 saturated heterocycles. The number of methoxy groups -OCH3 is 2. The van der Waals surface area contributed by atoms with Gasteiger partial charge < -0.3 is 19.7 Å². The highest BCUT2D eigenvalue weighted by molar-refractivity contribution is 7.14. The summed E-state index contributed by atoms with van der Waals surface area (Å²) in [6.07, 6.45) is 0.108. The van der Waals surface area contributed by atoms with Gasteiger partial charge in [0.2, 0.25) is 11.8 Å². The summed E-state index contributed by atoms with van der Waals surface area (Å²) < 4.78 is 23.6. The minimum absolute atomic E-state index is 0.108. The largest absolute Gasteiger partial charge is 0.493 e. The van der Waals surface area contributed by atoms with Crippen LogP contribution in [0, 0.1) is 11.7 Å². The van der Waals surface area contributed by atoms with Gasteiger partial charge in [-0.1, -0.05) is 0 Å². The van der Waals surface area contributed by atoms with E-state index in [0.717, 1.165) is 5.56 Å². The highest BCUT2D eigenvalue weighted by Crippen LogP contribution is 2.34. The predicted octanol–water partition coefficient (Wildman–Crippen LogP) is 3.96. The summed E-state index contributed by atoms with van der Waals surface area (Å²) in [6, 6.07) is 11.2. The van der Waals surface area contributed by atoms with Crippen LogP contribution in [0.2, 0.25) is 0 Å². The Morgan fingerprint density at radius 3 is 2.61 bits per heavy atom. The van der Waals surface area contributed by atoms with Crippen molar-refractivity contribution in [2.45, 2.75) is 6.42 Å². The molecule has 0 bridgehead atoms. The monoisotopic (exact) mass is 441 g/mol. The van der Waals surface area contributed by atoms with Crippen LogP contribution in [0.5, 0.6) is 11.5 Å². The Kier molecular flexibility index (Phi) is 5.85. The zero-order valence-corrected chi connectivity index (χ0v) is 17.7. The maximum Gasteiger partial charge on any atom is 0.231 e. The van der Waals surface area contributed by atoms with Gasteiger partial charge in [0.25, 0.3) is 0 Å². The number of rotatable bonds is 6. The summed E-state index contributed by atoms with van der Waals surface area (Å²) in [4.78, 5) is 31.2. The van der Waals surface area contributed by atoms with E-state index in [2.05, 4.69) is 10.3 Å². The van der Waals surface area contributed by atoms with Crippen LogP contribution in [0.25, 0.3) is 11.3 Å². The molecule has 1 aromatic heterocycles. The van der Waals surface area contributed by atoms with Gasteiger partial charge in [0.15, 0.2) is 16.6 Å². The fourth-order valence-electron chi connectivity index (χ4n) is 3.42. The molecule has 0 saturated carbocycles. The lowest BCUT2D eigenvalue weighted by Crippen LogP contribution is -2.28. The predicted molar refractivity (Wildman–Crippen MR) is 116 cm³/mol. The molecule has 9 heteroatoms. The third-order valence-corrected chi connectivity index (χ3v) is 5.81. The third kappa shape index (κ3) is 4.36. The molecule has 0 radical (unpaired) electrons. The number of thiazole rings is 1. The molecular weight excluding hydrogens is 421 g/mol. The van der Waals surface area contributed by atoms with Gasteiger partial charge in [-0.25, -0.2) is 9.37 Å². The molecule has 1 atom stereocenters. The van der Waals surface area contributed by atoms with Gasteiger partial charge in [-0.2, -0.15) is 0 Å². The lowest BCUT2D eigenvalue weighted by molar-refractivity contribution is -0.122. The van der Waals surface area contributed by atoms with Gasteiger partial charge >= 0.3 is 0 Å². The van der Waals surface area contributed by atoms with Gasteiger partial charge in [-0.05, 0) is 36.4 Å². The van der Waals surface area contributed by atoms with Crippen LogP contribution in [-0.2, 0) is 9.59 Å². The Morgan fingerprint density at radius 1 is 1.16 bits per heavy atom. The number of halogens is 1. The van der Waals surface area contributed by atoms with Crippen LogP contribution in [0.4, 0.5) is 15.2 Å². The van der Waals surface area contributed by atoms with Gasteiger partial charge in [-0.3, -0.25) is 9.59 Å². The van der Waals surface area contributed by atoms with Crippen LogP contribution in [0.15, 0.2) is 47.8 Å². The van der Waals surface area contributed by atoms with Crippen LogP contribution in [0.3, 0.4) is 0 Å². The number of aromatic nitrogens is 1. The van der Waals surface area contributed by atoms with Crippen molar-refractivity contribution >= 4 is 34.0 Å². The maximum atomic E-state index is 13.1. The Labute approximate surface area is 182 Å². The summed E-state index contributed by atoms with van der Waals surface area (Å²) in [5.41, 5.74) is 2.05. The van der Waals surface area contributed by atoms with Crippen LogP contribution >= 0.6 is 11.3 Å². The molecule has 2 heterocycles. The zero-order chi connectivity index (χ0) is 22.0. The number of carbonyl (C=O) groups is 2. The normalized spacial score (nSPS) is 15.8. The molecule has 31 heavy (non-hydrogen) atoms. The molecule has 1 N–H and O–H groups in total. The van der Waals surface area contributed by atoms with E-state index in [1.807, 2.05) is 0 Å². The van der Waals surface area contributed by atoms with Crippen molar-refractivity contribution in [2.75, 3.05) is 31.0 Å². The van der Waals surface area contributed by atoms with Crippen molar-refractivity contribution in [3.05, 3.63) is 53.7 Å². The van der Waals surface area contributed by atoms with Crippen molar-refractivity contribution < 1.29 is 23.5 Å². The Hall–Kier alpha value is -3.46. The van der Waals surface area contributed by atoms with E-state index in [-0.39, 0.29) is 30.6 Å². The second-order valence-corrected chi connectivity index (χ2v) is 7.84. The fraction of sp³-hybridized carbons (Fsp3) is 0.227. The number of hydrogen-bond donors (Lipinski definition) is 1. The standard InChI is InChI=1S/C22H20FN3O4S/c1-29-18-8-7-16(10-19(18)30-2)26-11-14(9-20(26)27)21(28)25-22-24-17(12-31-22)13-3-5-15(23)6-4-13/h3-8,10,12,14H,9,11H2,1-2H3,(H,24,25,28). The maximum absolute atomic E-state index is 13.1. The van der Waals surface area contributed by atoms with E-state index in [0.29, 0.717) is 28.0 Å². The highest BCUT2D eigenvalue weighted by Gasteiger charge is 2.35. The van der Waals surface area contributed by atoms with Gasteiger partial charge in [0, 0.05) is 35.7 Å². The molecule has 0 spiro atoms. The Bertz CT molecular complexity index is 1120. The molecule has 2 aromatic carbocycles. The first kappa shape index (κ1) is 20.8. The summed E-state index contributed by atoms with van der Waals surface area (Å²) >= 11 is 1.28. The van der Waals surface area contributed by atoms with E-state index >= 15 is 0 Å². The summed E-state index contributed by atoms with van der Waals surface area (Å²) in [7, 11) is 3.07. The second kappa shape index (κ2) is 8.73. The second-order valence-electron chi connectivity index (χ2n) is 6.98. The molecule has 1 fully saturated rings. The van der Waals surface area contributed by atoms with Crippen LogP contribution in [0.1, 0.15) is 6.42 Å². The summed E-state index contributed by atoms with van der Waals surface area (Å²) in [5.74, 6) is -0.157. The lowest BCUT2D eigenvalue weighted by Gasteiger charge is -2.18. The van der Waals surface area contributed by atoms with Gasteiger partial charge in [0.1, 0.15) is 5.82 Å². The van der Waals surface area contributed by atoms with Crippen LogP contribution < -0.4 is 19.7 Å². The zero-order valence-electron chi connectivity index (χ0n) is 16.9. The van der Waals surface area contributed by atoms with Crippen molar-refractivity contribution in [1.82, 2.24) is 4.98 Å². The van der Waals surface area contributed by atoms with E-state index in [4.69, 9.17) is 9.47 Å². The van der Waals surface area contributed by atoms with Crippen molar-refractivity contribution in [1.29, 1.82) is 0 Å². The molecule has 4 rings (SSSR count). The fourth-order valence-corrected chi connectivity index (χ4v) is 4.14. The quantitative estimate of drug-likeness (QED) is 0.626.